The van der Waals surface area contributed by atoms with Gasteiger partial charge < -0.3 is 0 Å². The van der Waals surface area contributed by atoms with E-state index < -0.39 is 38.3 Å². The maximum Gasteiger partial charge on any atom is 0.392 e. The molecule has 27 heavy (non-hydrogen) atoms. The van der Waals surface area contributed by atoms with Gasteiger partial charge in [0.05, 0.1) is 10.7 Å². The molecule has 7 heteroatoms. The van der Waals surface area contributed by atoms with Crippen LogP contribution in [-0.2, 0) is 14.6 Å². The summed E-state index contributed by atoms with van der Waals surface area (Å²) in [7, 11) is -3.73. The van der Waals surface area contributed by atoms with Crippen LogP contribution in [0, 0.1) is 23.2 Å². The van der Waals surface area contributed by atoms with Gasteiger partial charge in [-0.25, -0.2) is 8.42 Å². The van der Waals surface area contributed by atoms with Crippen molar-refractivity contribution in [3.63, 3.8) is 0 Å². The summed E-state index contributed by atoms with van der Waals surface area (Å²) in [6.45, 7) is 13.5. The lowest BCUT2D eigenvalue weighted by atomic mass is 9.80. The zero-order valence-electron chi connectivity index (χ0n) is 18.0. The molecular formula is C20H37F3O3S. The van der Waals surface area contributed by atoms with E-state index >= 15 is 0 Å². The molecule has 3 nitrogen and oxygen atoms in total. The van der Waals surface area contributed by atoms with E-state index in [4.69, 9.17) is 0 Å². The molecule has 2 atom stereocenters. The third kappa shape index (κ3) is 8.97. The van der Waals surface area contributed by atoms with Crippen molar-refractivity contribution < 1.29 is 26.4 Å². The van der Waals surface area contributed by atoms with E-state index in [1.165, 1.54) is 13.8 Å². The normalized spacial score (nSPS) is 16.4. The Morgan fingerprint density at radius 3 is 1.74 bits per heavy atom. The van der Waals surface area contributed by atoms with Crippen LogP contribution in [0.3, 0.4) is 0 Å². The molecule has 0 aromatic heterocycles. The van der Waals surface area contributed by atoms with Crippen LogP contribution >= 0.6 is 0 Å². The maximum atomic E-state index is 13.5. The van der Waals surface area contributed by atoms with Gasteiger partial charge in [-0.15, -0.1) is 0 Å². The summed E-state index contributed by atoms with van der Waals surface area (Å²) in [4.78, 5) is 11.8. The van der Waals surface area contributed by atoms with Gasteiger partial charge >= 0.3 is 6.18 Å². The molecule has 0 aliphatic carbocycles. The highest BCUT2D eigenvalue weighted by Gasteiger charge is 2.44. The molecule has 0 heterocycles. The lowest BCUT2D eigenvalue weighted by molar-refractivity contribution is -0.191. The summed E-state index contributed by atoms with van der Waals surface area (Å²) >= 11 is 0. The number of halogens is 3. The second kappa shape index (κ2) is 9.27. The Labute approximate surface area is 163 Å². The predicted octanol–water partition coefficient (Wildman–Crippen LogP) is 5.83. The fraction of sp³-hybridized carbons (Fsp3) is 0.950. The van der Waals surface area contributed by atoms with Crippen LogP contribution in [0.4, 0.5) is 13.2 Å². The topological polar surface area (TPSA) is 51.2 Å². The first kappa shape index (κ1) is 26.4. The molecule has 0 aromatic rings. The molecule has 0 rings (SSSR count). The van der Waals surface area contributed by atoms with E-state index in [-0.39, 0.29) is 36.4 Å². The molecule has 0 saturated carbocycles. The largest absolute Gasteiger partial charge is 0.392 e. The highest BCUT2D eigenvalue weighted by molar-refractivity contribution is 7.93. The Kier molecular flexibility index (Phi) is 9.07. The summed E-state index contributed by atoms with van der Waals surface area (Å²) in [6, 6.07) is 0. The van der Waals surface area contributed by atoms with Gasteiger partial charge in [0, 0.05) is 5.92 Å². The minimum atomic E-state index is -4.30. The highest BCUT2D eigenvalue weighted by Crippen LogP contribution is 2.41. The summed E-state index contributed by atoms with van der Waals surface area (Å²) in [5.74, 6) is -3.44. The van der Waals surface area contributed by atoms with Crippen LogP contribution < -0.4 is 0 Å². The van der Waals surface area contributed by atoms with E-state index in [1.807, 2.05) is 20.8 Å². The highest BCUT2D eigenvalue weighted by atomic mass is 32.2. The number of ketones is 1. The SMILES string of the molecule is CC(C)C(=O)CS(=O)(=O)C(C)(C)CCC(C)C(CCC(C)(C)C)C(F)(F)F. The van der Waals surface area contributed by atoms with Gasteiger partial charge in [-0.1, -0.05) is 41.5 Å². The lowest BCUT2D eigenvalue weighted by Gasteiger charge is -2.32. The Balaban J connectivity index is 5.14. The van der Waals surface area contributed by atoms with Gasteiger partial charge in [0.2, 0.25) is 0 Å². The van der Waals surface area contributed by atoms with Crippen molar-refractivity contribution in [2.45, 2.75) is 92.0 Å². The van der Waals surface area contributed by atoms with E-state index in [0.29, 0.717) is 6.42 Å². The molecule has 0 saturated heterocycles. The van der Waals surface area contributed by atoms with Gasteiger partial charge in [0.25, 0.3) is 0 Å². The first-order valence-corrected chi connectivity index (χ1v) is 11.3. The number of hydrogen-bond acceptors (Lipinski definition) is 3. The minimum Gasteiger partial charge on any atom is -0.298 e. The third-order valence-electron chi connectivity index (χ3n) is 5.33. The molecule has 162 valence electrons. The molecule has 0 aromatic carbocycles. The number of carbonyl (C=O) groups excluding carboxylic acids is 1. The Hall–Kier alpha value is -0.590. The van der Waals surface area contributed by atoms with Crippen LogP contribution in [0.1, 0.15) is 81.1 Å². The number of Topliss-reactive ketones (excluding diaryl/α,β-unsaturated/α-hetero) is 1. The zero-order chi connectivity index (χ0) is 21.8. The zero-order valence-corrected chi connectivity index (χ0v) is 18.9. The number of carbonyl (C=O) groups is 1. The molecular weight excluding hydrogens is 377 g/mol. The number of rotatable bonds is 10. The average molecular weight is 415 g/mol. The Bertz CT molecular complexity index is 585. The third-order valence-corrected chi connectivity index (χ3v) is 7.89. The van der Waals surface area contributed by atoms with Crippen molar-refractivity contribution in [1.29, 1.82) is 0 Å². The molecule has 0 amide bonds. The fourth-order valence-corrected chi connectivity index (χ4v) is 4.37. The molecule has 0 spiro atoms. The molecule has 2 unspecified atom stereocenters. The fourth-order valence-electron chi connectivity index (χ4n) is 2.84. The molecule has 0 fully saturated rings. The van der Waals surface area contributed by atoms with E-state index in [1.54, 1.807) is 20.8 Å². The smallest absolute Gasteiger partial charge is 0.298 e. The molecule has 0 bridgehead atoms. The number of hydrogen-bond donors (Lipinski definition) is 0. The van der Waals surface area contributed by atoms with Crippen molar-refractivity contribution in [3.8, 4) is 0 Å². The van der Waals surface area contributed by atoms with Crippen LogP contribution in [0.2, 0.25) is 0 Å². The van der Waals surface area contributed by atoms with Crippen molar-refractivity contribution in [2.24, 2.45) is 23.2 Å². The van der Waals surface area contributed by atoms with Crippen LogP contribution in [0.5, 0.6) is 0 Å². The predicted molar refractivity (Wildman–Crippen MR) is 104 cm³/mol. The molecule has 0 radical (unpaired) electrons. The van der Waals surface area contributed by atoms with Crippen molar-refractivity contribution >= 4 is 15.6 Å². The van der Waals surface area contributed by atoms with E-state index in [0.717, 1.165) is 0 Å². The van der Waals surface area contributed by atoms with Crippen LogP contribution in [0.25, 0.3) is 0 Å². The van der Waals surface area contributed by atoms with Crippen molar-refractivity contribution in [1.82, 2.24) is 0 Å². The first-order chi connectivity index (χ1) is 11.8. The molecule has 0 aliphatic rings. The number of sulfone groups is 1. The second-order valence-electron chi connectivity index (χ2n) is 9.90. The van der Waals surface area contributed by atoms with Crippen molar-refractivity contribution in [3.05, 3.63) is 0 Å². The van der Waals surface area contributed by atoms with E-state index in [9.17, 15) is 26.4 Å². The van der Waals surface area contributed by atoms with Gasteiger partial charge in [-0.2, -0.15) is 13.2 Å². The van der Waals surface area contributed by atoms with Gasteiger partial charge in [0.15, 0.2) is 9.84 Å². The Morgan fingerprint density at radius 1 is 0.889 bits per heavy atom. The molecule has 0 N–H and O–H groups in total. The Morgan fingerprint density at radius 2 is 1.37 bits per heavy atom. The first-order valence-electron chi connectivity index (χ1n) is 9.62. The number of alkyl halides is 3. The summed E-state index contributed by atoms with van der Waals surface area (Å²) in [5.41, 5.74) is -0.191. The standard InChI is InChI=1S/C20H37F3O3S/c1-14(2)17(24)13-27(25,26)19(7,8)12-9-15(3)16(20(21,22)23)10-11-18(4,5)6/h14-16H,9-13H2,1-8H3. The van der Waals surface area contributed by atoms with Gasteiger partial charge in [-0.3, -0.25) is 4.79 Å². The van der Waals surface area contributed by atoms with Gasteiger partial charge in [-0.05, 0) is 50.9 Å². The van der Waals surface area contributed by atoms with Gasteiger partial charge in [0.1, 0.15) is 11.5 Å². The van der Waals surface area contributed by atoms with E-state index in [2.05, 4.69) is 0 Å². The summed E-state index contributed by atoms with van der Waals surface area (Å²) in [6.07, 6.45) is -3.57. The van der Waals surface area contributed by atoms with Crippen LogP contribution in [-0.4, -0.2) is 30.9 Å². The van der Waals surface area contributed by atoms with Crippen molar-refractivity contribution in [2.75, 3.05) is 5.75 Å². The maximum absolute atomic E-state index is 13.5. The van der Waals surface area contributed by atoms with Crippen LogP contribution in [0.15, 0.2) is 0 Å². The monoisotopic (exact) mass is 414 g/mol. The molecule has 0 aliphatic heterocycles. The quantitative estimate of drug-likeness (QED) is 0.452. The summed E-state index contributed by atoms with van der Waals surface area (Å²) < 4.78 is 64.4. The average Bonchev–Trinajstić information content (AvgIpc) is 2.41. The summed E-state index contributed by atoms with van der Waals surface area (Å²) in [5, 5.41) is 0. The lowest BCUT2D eigenvalue weighted by Crippen LogP contribution is -2.38. The second-order valence-corrected chi connectivity index (χ2v) is 12.5. The minimum absolute atomic E-state index is 0.0349.